The van der Waals surface area contributed by atoms with Crippen LogP contribution in [0.2, 0.25) is 0 Å². The Labute approximate surface area is 159 Å². The van der Waals surface area contributed by atoms with Crippen molar-refractivity contribution in [3.8, 4) is 0 Å². The molecule has 5 heteroatoms. The summed E-state index contributed by atoms with van der Waals surface area (Å²) in [6.07, 6.45) is 4.38. The predicted octanol–water partition coefficient (Wildman–Crippen LogP) is 3.66. The number of carbonyl (C=O) groups is 1. The van der Waals surface area contributed by atoms with Gasteiger partial charge in [0.15, 0.2) is 0 Å². The molecule has 2 rings (SSSR count). The quantitative estimate of drug-likeness (QED) is 0.372. The number of benzene rings is 2. The van der Waals surface area contributed by atoms with E-state index in [4.69, 9.17) is 9.84 Å². The van der Waals surface area contributed by atoms with Gasteiger partial charge in [0.2, 0.25) is 0 Å². The standard InChI is InChI=1S/C22H26FNO3/c23-21-11-8-19(9-12-21)10-13-22(26)27-17-5-15-24(14-4-16-25)18-20-6-2-1-3-7-20/h1-3,6-13,25H,4-5,14-18H2/b13-10+. The van der Waals surface area contributed by atoms with Crippen molar-refractivity contribution in [2.24, 2.45) is 0 Å². The minimum atomic E-state index is -0.413. The average Bonchev–Trinajstić information content (AvgIpc) is 2.69. The van der Waals surface area contributed by atoms with Gasteiger partial charge in [-0.1, -0.05) is 42.5 Å². The highest BCUT2D eigenvalue weighted by Gasteiger charge is 2.06. The molecular formula is C22H26FNO3. The van der Waals surface area contributed by atoms with E-state index in [1.165, 1.54) is 23.8 Å². The number of esters is 1. The number of rotatable bonds is 11. The van der Waals surface area contributed by atoms with Crippen LogP contribution in [-0.2, 0) is 16.1 Å². The van der Waals surface area contributed by atoms with E-state index in [0.717, 1.165) is 25.2 Å². The summed E-state index contributed by atoms with van der Waals surface area (Å²) in [6, 6.07) is 16.0. The molecule has 0 spiro atoms. The molecule has 0 heterocycles. The SMILES string of the molecule is O=C(/C=C/c1ccc(F)cc1)OCCCN(CCCO)Cc1ccccc1. The fourth-order valence-corrected chi connectivity index (χ4v) is 2.65. The fraction of sp³-hybridized carbons (Fsp3) is 0.318. The highest BCUT2D eigenvalue weighted by molar-refractivity contribution is 5.86. The van der Waals surface area contributed by atoms with E-state index in [-0.39, 0.29) is 12.4 Å². The van der Waals surface area contributed by atoms with Crippen LogP contribution in [0.3, 0.4) is 0 Å². The third kappa shape index (κ3) is 8.62. The van der Waals surface area contributed by atoms with Crippen LogP contribution in [0.25, 0.3) is 6.08 Å². The molecule has 1 N–H and O–H groups in total. The van der Waals surface area contributed by atoms with Gasteiger partial charge in [0.25, 0.3) is 0 Å². The molecule has 0 aromatic heterocycles. The maximum Gasteiger partial charge on any atom is 0.330 e. The van der Waals surface area contributed by atoms with Crippen LogP contribution in [0.15, 0.2) is 60.7 Å². The van der Waals surface area contributed by atoms with Crippen molar-refractivity contribution in [3.63, 3.8) is 0 Å². The van der Waals surface area contributed by atoms with Crippen LogP contribution in [0, 0.1) is 5.82 Å². The Morgan fingerprint density at radius 1 is 1.04 bits per heavy atom. The molecule has 0 aliphatic rings. The molecule has 0 saturated heterocycles. The maximum atomic E-state index is 12.8. The Morgan fingerprint density at radius 2 is 1.74 bits per heavy atom. The molecule has 0 radical (unpaired) electrons. The Kier molecular flexibility index (Phi) is 9.24. The lowest BCUT2D eigenvalue weighted by molar-refractivity contribution is -0.137. The molecule has 2 aromatic rings. The minimum absolute atomic E-state index is 0.161. The molecule has 0 aliphatic heterocycles. The van der Waals surface area contributed by atoms with Gasteiger partial charge >= 0.3 is 5.97 Å². The zero-order valence-electron chi connectivity index (χ0n) is 15.4. The van der Waals surface area contributed by atoms with Gasteiger partial charge < -0.3 is 9.84 Å². The molecule has 144 valence electrons. The van der Waals surface area contributed by atoms with E-state index in [9.17, 15) is 9.18 Å². The topological polar surface area (TPSA) is 49.8 Å². The van der Waals surface area contributed by atoms with E-state index in [0.29, 0.717) is 19.4 Å². The van der Waals surface area contributed by atoms with E-state index >= 15 is 0 Å². The second-order valence-electron chi connectivity index (χ2n) is 6.24. The molecule has 4 nitrogen and oxygen atoms in total. The van der Waals surface area contributed by atoms with E-state index in [1.807, 2.05) is 18.2 Å². The van der Waals surface area contributed by atoms with Gasteiger partial charge in [-0.2, -0.15) is 0 Å². The van der Waals surface area contributed by atoms with Gasteiger partial charge in [0.1, 0.15) is 5.82 Å². The summed E-state index contributed by atoms with van der Waals surface area (Å²) in [5.74, 6) is -0.722. The first-order valence-corrected chi connectivity index (χ1v) is 9.15. The van der Waals surface area contributed by atoms with Crippen LogP contribution in [0.4, 0.5) is 4.39 Å². The van der Waals surface area contributed by atoms with Gasteiger partial charge in [0.05, 0.1) is 6.61 Å². The predicted molar refractivity (Wildman–Crippen MR) is 104 cm³/mol. The molecule has 0 fully saturated rings. The normalized spacial score (nSPS) is 11.2. The molecular weight excluding hydrogens is 345 g/mol. The Hall–Kier alpha value is -2.50. The van der Waals surface area contributed by atoms with Gasteiger partial charge in [-0.25, -0.2) is 9.18 Å². The third-order valence-electron chi connectivity index (χ3n) is 4.03. The number of carbonyl (C=O) groups excluding carboxylic acids is 1. The molecule has 0 amide bonds. The van der Waals surface area contributed by atoms with Crippen LogP contribution >= 0.6 is 0 Å². The lowest BCUT2D eigenvalue weighted by Gasteiger charge is -2.22. The number of aliphatic hydroxyl groups excluding tert-OH is 1. The first-order chi connectivity index (χ1) is 13.2. The Bertz CT molecular complexity index is 701. The van der Waals surface area contributed by atoms with Crippen molar-refractivity contribution >= 4 is 12.0 Å². The highest BCUT2D eigenvalue weighted by atomic mass is 19.1. The molecule has 0 bridgehead atoms. The van der Waals surface area contributed by atoms with Gasteiger partial charge in [-0.05, 0) is 42.2 Å². The maximum absolute atomic E-state index is 12.8. The third-order valence-corrected chi connectivity index (χ3v) is 4.03. The highest BCUT2D eigenvalue weighted by Crippen LogP contribution is 2.07. The van der Waals surface area contributed by atoms with Crippen molar-refractivity contribution < 1.29 is 19.0 Å². The summed E-state index contributed by atoms with van der Waals surface area (Å²) in [5.41, 5.74) is 1.96. The molecule has 0 atom stereocenters. The molecule has 27 heavy (non-hydrogen) atoms. The van der Waals surface area contributed by atoms with Crippen LogP contribution in [0.5, 0.6) is 0 Å². The van der Waals surface area contributed by atoms with Crippen LogP contribution in [-0.4, -0.2) is 42.3 Å². The molecule has 2 aromatic carbocycles. The number of halogens is 1. The van der Waals surface area contributed by atoms with Crippen molar-refractivity contribution in [1.29, 1.82) is 0 Å². The lowest BCUT2D eigenvalue weighted by atomic mass is 10.2. The van der Waals surface area contributed by atoms with Gasteiger partial charge in [-0.3, -0.25) is 4.90 Å². The van der Waals surface area contributed by atoms with E-state index < -0.39 is 5.97 Å². The number of hydrogen-bond acceptors (Lipinski definition) is 4. The van der Waals surface area contributed by atoms with Crippen molar-refractivity contribution in [3.05, 3.63) is 77.6 Å². The largest absolute Gasteiger partial charge is 0.462 e. The van der Waals surface area contributed by atoms with Crippen molar-refractivity contribution in [1.82, 2.24) is 4.90 Å². The minimum Gasteiger partial charge on any atom is -0.462 e. The first kappa shape index (κ1) is 20.8. The second kappa shape index (κ2) is 12.0. The summed E-state index contributed by atoms with van der Waals surface area (Å²) in [4.78, 5) is 14.0. The molecule has 0 aliphatic carbocycles. The average molecular weight is 371 g/mol. The summed E-state index contributed by atoms with van der Waals surface area (Å²) < 4.78 is 18.1. The summed E-state index contributed by atoms with van der Waals surface area (Å²) in [7, 11) is 0. The number of ether oxygens (including phenoxy) is 1. The lowest BCUT2D eigenvalue weighted by Crippen LogP contribution is -2.27. The van der Waals surface area contributed by atoms with Crippen LogP contribution in [0.1, 0.15) is 24.0 Å². The summed E-state index contributed by atoms with van der Waals surface area (Å²) >= 11 is 0. The second-order valence-corrected chi connectivity index (χ2v) is 6.24. The van der Waals surface area contributed by atoms with Gasteiger partial charge in [0, 0.05) is 32.3 Å². The Morgan fingerprint density at radius 3 is 2.44 bits per heavy atom. The number of nitrogens with zero attached hydrogens (tertiary/aromatic N) is 1. The fourth-order valence-electron chi connectivity index (χ4n) is 2.65. The Balaban J connectivity index is 1.71. The van der Waals surface area contributed by atoms with Crippen LogP contribution < -0.4 is 0 Å². The van der Waals surface area contributed by atoms with E-state index in [2.05, 4.69) is 17.0 Å². The number of hydrogen-bond donors (Lipinski definition) is 1. The first-order valence-electron chi connectivity index (χ1n) is 9.15. The zero-order valence-corrected chi connectivity index (χ0v) is 15.4. The summed E-state index contributed by atoms with van der Waals surface area (Å²) in [6.45, 7) is 2.87. The zero-order chi connectivity index (χ0) is 19.3. The molecule has 0 saturated carbocycles. The van der Waals surface area contributed by atoms with Crippen molar-refractivity contribution in [2.75, 3.05) is 26.3 Å². The van der Waals surface area contributed by atoms with Crippen molar-refractivity contribution in [2.45, 2.75) is 19.4 Å². The van der Waals surface area contributed by atoms with Gasteiger partial charge in [-0.15, -0.1) is 0 Å². The summed E-state index contributed by atoms with van der Waals surface area (Å²) in [5, 5.41) is 9.07. The molecule has 0 unspecified atom stereocenters. The smallest absolute Gasteiger partial charge is 0.330 e. The van der Waals surface area contributed by atoms with E-state index in [1.54, 1.807) is 18.2 Å². The number of aliphatic hydroxyl groups is 1. The monoisotopic (exact) mass is 371 g/mol.